The molecule has 44 heavy (non-hydrogen) atoms. The van der Waals surface area contributed by atoms with E-state index in [2.05, 4.69) is 22.2 Å². The molecule has 0 unspecified atom stereocenters. The largest absolute Gasteiger partial charge is 0.496 e. The Morgan fingerprint density at radius 3 is 2.61 bits per heavy atom. The summed E-state index contributed by atoms with van der Waals surface area (Å²) < 4.78 is 33.7. The molecule has 12 nitrogen and oxygen atoms in total. The number of thiophene rings is 1. The molecule has 0 aliphatic heterocycles. The topological polar surface area (TPSA) is 129 Å². The summed E-state index contributed by atoms with van der Waals surface area (Å²) in [7, 11) is 2.98. The second-order valence-electron chi connectivity index (χ2n) is 10.9. The molecule has 1 saturated carbocycles. The minimum atomic E-state index is -1.55. The number of carbonyl (C=O) groups excluding carboxylic acids is 1. The molecule has 2 heterocycles. The van der Waals surface area contributed by atoms with E-state index in [4.69, 9.17) is 14.2 Å². The molecule has 238 valence electrons. The highest BCUT2D eigenvalue weighted by Gasteiger charge is 2.38. The number of nitrogens with zero attached hydrogens (tertiary/aromatic N) is 5. The number of rotatable bonds is 14. The van der Waals surface area contributed by atoms with E-state index < -0.39 is 34.6 Å². The summed E-state index contributed by atoms with van der Waals surface area (Å²) in [5.41, 5.74) is -2.03. The standard InChI is InChI=1S/C30H39FN6O6S/c1-8-33-37(32-5)26-18(2)24-25(38)36(30(3,4)28(39)34-20-10-9-11-20)29(40)35(27(24)44-26)17-23(43-15-14-41-6)21-16-19(31)12-13-22(21)42-7/h8,12-13,16,20,23H,5,9-11,14-15,17H2,1-4,6-7H3,(H,34,39)/b33-8-/t23-/m0/s1. The van der Waals surface area contributed by atoms with Crippen LogP contribution in [0.5, 0.6) is 5.75 Å². The van der Waals surface area contributed by atoms with Gasteiger partial charge >= 0.3 is 5.69 Å². The van der Waals surface area contributed by atoms with Gasteiger partial charge in [0.1, 0.15) is 33.0 Å². The number of anilines is 1. The van der Waals surface area contributed by atoms with E-state index in [9.17, 15) is 18.8 Å². The molecule has 0 radical (unpaired) electrons. The smallest absolute Gasteiger partial charge is 0.333 e. The van der Waals surface area contributed by atoms with Crippen molar-refractivity contribution < 1.29 is 23.4 Å². The molecule has 1 fully saturated rings. The molecule has 0 saturated heterocycles. The number of nitrogens with one attached hydrogen (secondary N) is 1. The molecule has 3 aromatic rings. The summed E-state index contributed by atoms with van der Waals surface area (Å²) in [6.45, 7) is 10.3. The monoisotopic (exact) mass is 630 g/mol. The van der Waals surface area contributed by atoms with Gasteiger partial charge in [0.15, 0.2) is 0 Å². The van der Waals surface area contributed by atoms with Gasteiger partial charge < -0.3 is 19.5 Å². The third-order valence-electron chi connectivity index (χ3n) is 7.78. The SMILES string of the molecule is C=NN(/N=C\C)c1sc2c(c1C)c(=O)n(C(C)(C)C(=O)NC1CCC1)c(=O)n2C[C@H](OCCOC)c1cc(F)ccc1OC. The molecule has 1 atom stereocenters. The Bertz CT molecular complexity index is 1670. The number of methoxy groups -OCH3 is 2. The van der Waals surface area contributed by atoms with Crippen LogP contribution < -0.4 is 26.4 Å². The lowest BCUT2D eigenvalue weighted by atomic mass is 9.91. The molecule has 1 N–H and O–H groups in total. The van der Waals surface area contributed by atoms with Crippen LogP contribution in [0.25, 0.3) is 10.2 Å². The van der Waals surface area contributed by atoms with E-state index in [1.807, 2.05) is 0 Å². The van der Waals surface area contributed by atoms with Crippen molar-refractivity contribution in [2.24, 2.45) is 10.2 Å². The summed E-state index contributed by atoms with van der Waals surface area (Å²) in [4.78, 5) is 42.4. The first kappa shape index (κ1) is 33.0. The molecular weight excluding hydrogens is 591 g/mol. The van der Waals surface area contributed by atoms with Gasteiger partial charge in [-0.2, -0.15) is 10.2 Å². The predicted octanol–water partition coefficient (Wildman–Crippen LogP) is 3.92. The zero-order valence-corrected chi connectivity index (χ0v) is 26.7. The fourth-order valence-electron chi connectivity index (χ4n) is 5.10. The van der Waals surface area contributed by atoms with E-state index in [0.717, 1.165) is 35.2 Å². The first-order valence-corrected chi connectivity index (χ1v) is 15.1. The first-order chi connectivity index (χ1) is 21.0. The van der Waals surface area contributed by atoms with Gasteiger partial charge in [-0.25, -0.2) is 13.8 Å². The first-order valence-electron chi connectivity index (χ1n) is 14.3. The number of hydrazone groups is 2. The average Bonchev–Trinajstić information content (AvgIpc) is 3.31. The molecule has 1 aliphatic carbocycles. The highest BCUT2D eigenvalue weighted by Crippen LogP contribution is 2.38. The normalized spacial score (nSPS) is 14.5. The van der Waals surface area contributed by atoms with Crippen LogP contribution in [-0.2, 0) is 26.4 Å². The van der Waals surface area contributed by atoms with Crippen molar-refractivity contribution >= 4 is 45.4 Å². The Kier molecular flexibility index (Phi) is 10.4. The van der Waals surface area contributed by atoms with Crippen molar-refractivity contribution in [2.75, 3.05) is 32.6 Å². The van der Waals surface area contributed by atoms with Crippen molar-refractivity contribution in [3.63, 3.8) is 0 Å². The maximum Gasteiger partial charge on any atom is 0.333 e. The van der Waals surface area contributed by atoms with Crippen LogP contribution in [0, 0.1) is 12.7 Å². The fraction of sp³-hybridized carbons (Fsp3) is 0.500. The Hall–Kier alpha value is -3.88. The van der Waals surface area contributed by atoms with Crippen molar-refractivity contribution in [3.8, 4) is 5.75 Å². The second kappa shape index (κ2) is 13.8. The summed E-state index contributed by atoms with van der Waals surface area (Å²) in [5.74, 6) is -0.601. The molecule has 0 bridgehead atoms. The van der Waals surface area contributed by atoms with Gasteiger partial charge in [0.25, 0.3) is 5.56 Å². The maximum absolute atomic E-state index is 14.5. The summed E-state index contributed by atoms with van der Waals surface area (Å²) in [6, 6.07) is 4.03. The number of fused-ring (bicyclic) bond motifs is 1. The van der Waals surface area contributed by atoms with Crippen molar-refractivity contribution in [2.45, 2.75) is 71.2 Å². The number of aryl methyl sites for hydroxylation is 1. The molecule has 14 heteroatoms. The zero-order chi connectivity index (χ0) is 32.2. The quantitative estimate of drug-likeness (QED) is 0.162. The van der Waals surface area contributed by atoms with E-state index >= 15 is 0 Å². The lowest BCUT2D eigenvalue weighted by Crippen LogP contribution is -2.57. The van der Waals surface area contributed by atoms with Crippen LogP contribution in [0.4, 0.5) is 9.39 Å². The summed E-state index contributed by atoms with van der Waals surface area (Å²) >= 11 is 1.12. The van der Waals surface area contributed by atoms with Gasteiger partial charge in [0.05, 0.1) is 32.3 Å². The van der Waals surface area contributed by atoms with Gasteiger partial charge in [0, 0.05) is 37.2 Å². The number of hydrogen-bond acceptors (Lipinski definition) is 10. The third-order valence-corrected chi connectivity index (χ3v) is 9.06. The van der Waals surface area contributed by atoms with Gasteiger partial charge in [-0.3, -0.25) is 14.2 Å². The average molecular weight is 631 g/mol. The van der Waals surface area contributed by atoms with Gasteiger partial charge in [-0.1, -0.05) is 11.3 Å². The van der Waals surface area contributed by atoms with Crippen LogP contribution in [0.3, 0.4) is 0 Å². The van der Waals surface area contributed by atoms with Crippen LogP contribution in [0.2, 0.25) is 0 Å². The number of hydrogen-bond donors (Lipinski definition) is 1. The van der Waals surface area contributed by atoms with Crippen LogP contribution in [-0.4, -0.2) is 61.4 Å². The van der Waals surface area contributed by atoms with Crippen LogP contribution in [0.1, 0.15) is 57.3 Å². The van der Waals surface area contributed by atoms with Crippen LogP contribution in [0.15, 0.2) is 38.0 Å². The van der Waals surface area contributed by atoms with E-state index in [0.29, 0.717) is 26.7 Å². The number of ether oxygens (including phenoxy) is 3. The predicted molar refractivity (Wildman–Crippen MR) is 170 cm³/mol. The zero-order valence-electron chi connectivity index (χ0n) is 25.9. The van der Waals surface area contributed by atoms with Crippen molar-refractivity contribution in [1.29, 1.82) is 0 Å². The molecule has 2 aromatic heterocycles. The number of amides is 1. The van der Waals surface area contributed by atoms with E-state index in [1.54, 1.807) is 27.7 Å². The molecule has 4 rings (SSSR count). The highest BCUT2D eigenvalue weighted by atomic mass is 32.1. The Morgan fingerprint density at radius 2 is 2.02 bits per heavy atom. The molecule has 0 spiro atoms. The summed E-state index contributed by atoms with van der Waals surface area (Å²) in [5, 5.41) is 13.1. The number of aromatic nitrogens is 2. The van der Waals surface area contributed by atoms with Gasteiger partial charge in [-0.05, 0) is 65.2 Å². The summed E-state index contributed by atoms with van der Waals surface area (Å²) in [6.07, 6.45) is 3.30. The Balaban J connectivity index is 2.00. The van der Waals surface area contributed by atoms with Crippen molar-refractivity contribution in [3.05, 3.63) is 56.0 Å². The minimum Gasteiger partial charge on any atom is -0.496 e. The van der Waals surface area contributed by atoms with Gasteiger partial charge in [-0.15, -0.1) is 5.12 Å². The third kappa shape index (κ3) is 6.33. The highest BCUT2D eigenvalue weighted by molar-refractivity contribution is 7.22. The van der Waals surface area contributed by atoms with E-state index in [1.165, 1.54) is 48.3 Å². The molecule has 1 aliphatic rings. The maximum atomic E-state index is 14.5. The lowest BCUT2D eigenvalue weighted by molar-refractivity contribution is -0.130. The fourth-order valence-corrected chi connectivity index (χ4v) is 6.33. The number of benzene rings is 1. The van der Waals surface area contributed by atoms with Crippen LogP contribution >= 0.6 is 11.3 Å². The molecule has 1 amide bonds. The minimum absolute atomic E-state index is 0.00365. The van der Waals surface area contributed by atoms with Crippen molar-refractivity contribution in [1.82, 2.24) is 14.5 Å². The second-order valence-corrected chi connectivity index (χ2v) is 11.9. The Labute approximate surface area is 258 Å². The Morgan fingerprint density at radius 1 is 1.30 bits per heavy atom. The molecule has 1 aromatic carbocycles. The number of halogens is 1. The lowest BCUT2D eigenvalue weighted by Gasteiger charge is -2.32. The van der Waals surface area contributed by atoms with Gasteiger partial charge in [0.2, 0.25) is 5.91 Å². The molecular formula is C30H39FN6O6S. The van der Waals surface area contributed by atoms with E-state index in [-0.39, 0.29) is 31.2 Å². The number of carbonyl (C=O) groups is 1.